The van der Waals surface area contributed by atoms with E-state index in [9.17, 15) is 4.79 Å². The third-order valence-corrected chi connectivity index (χ3v) is 7.95. The van der Waals surface area contributed by atoms with Crippen molar-refractivity contribution in [2.24, 2.45) is 0 Å². The SMILES string of the molecule is COCCOC(=O)N1[C@@H]2CCC[C@H]1CC(N(C)c1nc(NC3CC(C)NN3)cc(C3CCCO3)n1)C2. The maximum atomic E-state index is 12.8. The standard InChI is InChI=1S/C25H41N7O4/c1-16-12-23(30-29-16)27-22-15-20(21-8-5-9-35-21)26-24(28-22)31(2)19-13-17-6-4-7-18(14-19)32(17)25(33)36-11-10-34-3/h15-19,21,23,29-30H,4-14H2,1-3H3,(H,26,27,28)/t16?,17-,18+,19?,21?,23?. The van der Waals surface area contributed by atoms with Crippen molar-refractivity contribution in [2.75, 3.05) is 44.2 Å². The second-order valence-electron chi connectivity index (χ2n) is 10.6. The molecule has 0 saturated carbocycles. The zero-order valence-corrected chi connectivity index (χ0v) is 21.7. The topological polar surface area (TPSA) is 113 Å². The van der Waals surface area contributed by atoms with E-state index in [1.165, 1.54) is 0 Å². The molecule has 36 heavy (non-hydrogen) atoms. The summed E-state index contributed by atoms with van der Waals surface area (Å²) in [5.74, 6) is 1.52. The Kier molecular flexibility index (Phi) is 8.09. The highest BCUT2D eigenvalue weighted by molar-refractivity contribution is 5.69. The average molecular weight is 504 g/mol. The molecule has 0 radical (unpaired) electrons. The summed E-state index contributed by atoms with van der Waals surface area (Å²) >= 11 is 0. The Bertz CT molecular complexity index is 885. The fourth-order valence-electron chi connectivity index (χ4n) is 6.07. The van der Waals surface area contributed by atoms with Gasteiger partial charge in [0.1, 0.15) is 12.4 Å². The molecule has 4 aliphatic rings. The van der Waals surface area contributed by atoms with Gasteiger partial charge >= 0.3 is 6.09 Å². The van der Waals surface area contributed by atoms with E-state index in [-0.39, 0.29) is 36.5 Å². The minimum absolute atomic E-state index is 0.0115. The normalized spacial score (nSPS) is 31.9. The fourth-order valence-corrected chi connectivity index (χ4v) is 6.07. The van der Waals surface area contributed by atoms with Gasteiger partial charge in [-0.1, -0.05) is 0 Å². The van der Waals surface area contributed by atoms with Gasteiger partial charge in [-0.15, -0.1) is 0 Å². The Morgan fingerprint density at radius 1 is 1.17 bits per heavy atom. The third kappa shape index (κ3) is 5.69. The maximum Gasteiger partial charge on any atom is 0.410 e. The first-order chi connectivity index (χ1) is 17.5. The van der Waals surface area contributed by atoms with Crippen molar-refractivity contribution < 1.29 is 19.0 Å². The highest BCUT2D eigenvalue weighted by Gasteiger charge is 2.43. The number of methoxy groups -OCH3 is 1. The molecule has 1 amide bonds. The van der Waals surface area contributed by atoms with Crippen molar-refractivity contribution in [2.45, 2.75) is 94.7 Å². The summed E-state index contributed by atoms with van der Waals surface area (Å²) in [6, 6.07) is 3.03. The molecule has 5 heterocycles. The molecule has 2 bridgehead atoms. The van der Waals surface area contributed by atoms with Gasteiger partial charge in [-0.05, 0) is 58.3 Å². The quantitative estimate of drug-likeness (QED) is 0.458. The van der Waals surface area contributed by atoms with Crippen molar-refractivity contribution >= 4 is 17.9 Å². The number of carbonyl (C=O) groups is 1. The van der Waals surface area contributed by atoms with Crippen LogP contribution in [0.2, 0.25) is 0 Å². The summed E-state index contributed by atoms with van der Waals surface area (Å²) < 4.78 is 16.5. The predicted molar refractivity (Wildman–Crippen MR) is 136 cm³/mol. The van der Waals surface area contributed by atoms with Crippen LogP contribution in [-0.2, 0) is 14.2 Å². The molecule has 0 spiro atoms. The molecule has 1 aromatic heterocycles. The first-order valence-electron chi connectivity index (χ1n) is 13.5. The van der Waals surface area contributed by atoms with Crippen molar-refractivity contribution in [3.63, 3.8) is 0 Å². The number of hydrogen-bond donors (Lipinski definition) is 3. The maximum absolute atomic E-state index is 12.8. The van der Waals surface area contributed by atoms with Crippen LogP contribution >= 0.6 is 0 Å². The van der Waals surface area contributed by atoms with E-state index in [0.29, 0.717) is 25.2 Å². The van der Waals surface area contributed by atoms with Crippen LogP contribution in [0.4, 0.5) is 16.6 Å². The number of amides is 1. The van der Waals surface area contributed by atoms with E-state index in [1.807, 2.05) is 11.0 Å². The van der Waals surface area contributed by atoms with Gasteiger partial charge in [0.25, 0.3) is 0 Å². The number of ether oxygens (including phenoxy) is 3. The summed E-state index contributed by atoms with van der Waals surface area (Å²) in [6.07, 6.45) is 7.82. The summed E-state index contributed by atoms with van der Waals surface area (Å²) in [4.78, 5) is 26.9. The number of anilines is 2. The summed E-state index contributed by atoms with van der Waals surface area (Å²) in [5.41, 5.74) is 7.49. The zero-order chi connectivity index (χ0) is 25.1. The van der Waals surface area contributed by atoms with Gasteiger partial charge in [0, 0.05) is 51.0 Å². The van der Waals surface area contributed by atoms with Gasteiger partial charge < -0.3 is 29.3 Å². The van der Waals surface area contributed by atoms with Crippen LogP contribution in [0.1, 0.15) is 70.1 Å². The van der Waals surface area contributed by atoms with Crippen molar-refractivity contribution in [3.8, 4) is 0 Å². The number of fused-ring (bicyclic) bond motifs is 2. The monoisotopic (exact) mass is 503 g/mol. The predicted octanol–water partition coefficient (Wildman–Crippen LogP) is 2.56. The molecule has 4 fully saturated rings. The molecular weight excluding hydrogens is 462 g/mol. The van der Waals surface area contributed by atoms with E-state index in [0.717, 1.165) is 69.5 Å². The lowest BCUT2D eigenvalue weighted by Crippen LogP contribution is -2.58. The van der Waals surface area contributed by atoms with E-state index < -0.39 is 0 Å². The Morgan fingerprint density at radius 3 is 2.64 bits per heavy atom. The Morgan fingerprint density at radius 2 is 1.97 bits per heavy atom. The second-order valence-corrected chi connectivity index (χ2v) is 10.6. The smallest absolute Gasteiger partial charge is 0.410 e. The van der Waals surface area contributed by atoms with Crippen LogP contribution < -0.4 is 21.1 Å². The van der Waals surface area contributed by atoms with Gasteiger partial charge in [-0.2, -0.15) is 4.98 Å². The molecule has 11 heteroatoms. The van der Waals surface area contributed by atoms with Crippen LogP contribution in [0.5, 0.6) is 0 Å². The Hall–Kier alpha value is -2.21. The molecule has 3 N–H and O–H groups in total. The van der Waals surface area contributed by atoms with Crippen LogP contribution in [0, 0.1) is 0 Å². The van der Waals surface area contributed by atoms with Crippen molar-refractivity contribution in [1.82, 2.24) is 25.7 Å². The summed E-state index contributed by atoms with van der Waals surface area (Å²) in [6.45, 7) is 3.64. The molecular formula is C25H41N7O4. The minimum atomic E-state index is -0.210. The van der Waals surface area contributed by atoms with Gasteiger partial charge in [0.05, 0.1) is 24.6 Å². The lowest BCUT2D eigenvalue weighted by Gasteiger charge is -2.49. The van der Waals surface area contributed by atoms with Gasteiger partial charge in [0.2, 0.25) is 5.95 Å². The molecule has 4 saturated heterocycles. The molecule has 4 unspecified atom stereocenters. The average Bonchev–Trinajstić information content (AvgIpc) is 3.55. The molecule has 200 valence electrons. The first kappa shape index (κ1) is 25.4. The van der Waals surface area contributed by atoms with E-state index in [2.05, 4.69) is 35.0 Å². The van der Waals surface area contributed by atoms with Gasteiger partial charge in [0.15, 0.2) is 0 Å². The number of hydrogen-bond acceptors (Lipinski definition) is 10. The Labute approximate surface area is 213 Å². The number of hydrazine groups is 1. The molecule has 5 rings (SSSR count). The first-order valence-corrected chi connectivity index (χ1v) is 13.5. The Balaban J connectivity index is 1.32. The molecule has 11 nitrogen and oxygen atoms in total. The molecule has 4 aliphatic heterocycles. The van der Waals surface area contributed by atoms with E-state index >= 15 is 0 Å². The summed E-state index contributed by atoms with van der Waals surface area (Å²) in [5, 5.41) is 3.53. The van der Waals surface area contributed by atoms with Crippen LogP contribution in [-0.4, -0.2) is 85.3 Å². The second kappa shape index (κ2) is 11.5. The minimum Gasteiger partial charge on any atom is -0.447 e. The number of rotatable bonds is 8. The van der Waals surface area contributed by atoms with Crippen LogP contribution in [0.25, 0.3) is 0 Å². The lowest BCUT2D eigenvalue weighted by atomic mass is 9.81. The molecule has 6 atom stereocenters. The van der Waals surface area contributed by atoms with Crippen LogP contribution in [0.15, 0.2) is 6.07 Å². The highest BCUT2D eigenvalue weighted by atomic mass is 16.6. The van der Waals surface area contributed by atoms with E-state index in [4.69, 9.17) is 24.2 Å². The van der Waals surface area contributed by atoms with Crippen LogP contribution in [0.3, 0.4) is 0 Å². The lowest BCUT2D eigenvalue weighted by molar-refractivity contribution is 0.00860. The molecule has 0 aromatic carbocycles. The van der Waals surface area contributed by atoms with Gasteiger partial charge in [-0.25, -0.2) is 15.2 Å². The van der Waals surface area contributed by atoms with E-state index in [1.54, 1.807) is 7.11 Å². The number of carbonyl (C=O) groups excluding carboxylic acids is 1. The number of nitrogens with zero attached hydrogens (tertiary/aromatic N) is 4. The van der Waals surface area contributed by atoms with Crippen molar-refractivity contribution in [3.05, 3.63) is 11.8 Å². The number of piperidine rings is 2. The summed E-state index contributed by atoms with van der Waals surface area (Å²) in [7, 11) is 3.70. The highest BCUT2D eigenvalue weighted by Crippen LogP contribution is 2.37. The molecule has 0 aliphatic carbocycles. The third-order valence-electron chi connectivity index (χ3n) is 7.95. The fraction of sp³-hybridized carbons (Fsp3) is 0.800. The van der Waals surface area contributed by atoms with Crippen molar-refractivity contribution in [1.29, 1.82) is 0 Å². The molecule has 1 aromatic rings. The number of nitrogens with one attached hydrogen (secondary N) is 3. The van der Waals surface area contributed by atoms with Gasteiger partial charge in [-0.3, -0.25) is 5.43 Å². The number of aromatic nitrogens is 2. The largest absolute Gasteiger partial charge is 0.447 e. The zero-order valence-electron chi connectivity index (χ0n) is 21.7.